The van der Waals surface area contributed by atoms with Gasteiger partial charge in [0.25, 0.3) is 0 Å². The highest BCUT2D eigenvalue weighted by atomic mass is 16.5. The minimum absolute atomic E-state index is 0.0380. The van der Waals surface area contributed by atoms with Crippen LogP contribution < -0.4 is 15.8 Å². The van der Waals surface area contributed by atoms with Crippen LogP contribution in [-0.2, 0) is 4.79 Å². The lowest BCUT2D eigenvalue weighted by Gasteiger charge is -2.18. The smallest absolute Gasteiger partial charge is 0.227 e. The van der Waals surface area contributed by atoms with Crippen molar-refractivity contribution in [3.8, 4) is 5.75 Å². The molecule has 0 bridgehead atoms. The highest BCUT2D eigenvalue weighted by molar-refractivity contribution is 5.94. The van der Waals surface area contributed by atoms with Crippen molar-refractivity contribution in [3.05, 3.63) is 23.8 Å². The van der Waals surface area contributed by atoms with E-state index in [4.69, 9.17) is 10.5 Å². The Morgan fingerprint density at radius 3 is 2.95 bits per heavy atom. The van der Waals surface area contributed by atoms with Crippen LogP contribution in [0.5, 0.6) is 5.75 Å². The van der Waals surface area contributed by atoms with Crippen LogP contribution in [0.3, 0.4) is 0 Å². The molecule has 2 unspecified atom stereocenters. The summed E-state index contributed by atoms with van der Waals surface area (Å²) in [7, 11) is 1.61. The first-order valence-electron chi connectivity index (χ1n) is 6.81. The second kappa shape index (κ2) is 6.06. The molecule has 4 heteroatoms. The number of carbonyl (C=O) groups excluding carboxylic acids is 1. The molecular weight excluding hydrogens is 240 g/mol. The Bertz CT molecular complexity index is 459. The maximum Gasteiger partial charge on any atom is 0.227 e. The summed E-state index contributed by atoms with van der Waals surface area (Å²) in [5.74, 6) is 1.12. The van der Waals surface area contributed by atoms with Crippen molar-refractivity contribution in [2.45, 2.75) is 26.2 Å². The van der Waals surface area contributed by atoms with E-state index in [2.05, 4.69) is 5.32 Å². The maximum absolute atomic E-state index is 12.3. The van der Waals surface area contributed by atoms with Gasteiger partial charge in [-0.05, 0) is 49.9 Å². The van der Waals surface area contributed by atoms with Gasteiger partial charge in [-0.3, -0.25) is 4.79 Å². The van der Waals surface area contributed by atoms with Gasteiger partial charge in [-0.15, -0.1) is 0 Å². The molecule has 2 rings (SSSR count). The quantitative estimate of drug-likeness (QED) is 0.875. The molecule has 0 heterocycles. The number of nitrogens with two attached hydrogens (primary N) is 1. The monoisotopic (exact) mass is 262 g/mol. The fourth-order valence-electron chi connectivity index (χ4n) is 2.79. The maximum atomic E-state index is 12.3. The number of benzene rings is 1. The van der Waals surface area contributed by atoms with Gasteiger partial charge in [-0.1, -0.05) is 12.5 Å². The molecule has 1 saturated carbocycles. The van der Waals surface area contributed by atoms with E-state index in [1.54, 1.807) is 7.11 Å². The molecule has 1 fully saturated rings. The molecule has 104 valence electrons. The van der Waals surface area contributed by atoms with Gasteiger partial charge >= 0.3 is 0 Å². The topological polar surface area (TPSA) is 64.3 Å². The van der Waals surface area contributed by atoms with Crippen LogP contribution in [0.2, 0.25) is 0 Å². The van der Waals surface area contributed by atoms with Gasteiger partial charge in [-0.2, -0.15) is 0 Å². The molecule has 0 radical (unpaired) electrons. The first-order valence-corrected chi connectivity index (χ1v) is 6.81. The molecular formula is C15H22N2O2. The van der Waals surface area contributed by atoms with Crippen molar-refractivity contribution in [2.75, 3.05) is 19.0 Å². The Balaban J connectivity index is 2.10. The molecule has 0 spiro atoms. The lowest BCUT2D eigenvalue weighted by molar-refractivity contribution is -0.120. The second-order valence-electron chi connectivity index (χ2n) is 5.23. The van der Waals surface area contributed by atoms with Gasteiger partial charge < -0.3 is 15.8 Å². The fraction of sp³-hybridized carbons (Fsp3) is 0.533. The number of aryl methyl sites for hydroxylation is 1. The number of rotatable bonds is 4. The average molecular weight is 262 g/mol. The first-order chi connectivity index (χ1) is 9.15. The van der Waals surface area contributed by atoms with Gasteiger partial charge in [0.15, 0.2) is 0 Å². The zero-order valence-corrected chi connectivity index (χ0v) is 11.6. The zero-order chi connectivity index (χ0) is 13.8. The average Bonchev–Trinajstić information content (AvgIpc) is 2.89. The van der Waals surface area contributed by atoms with E-state index < -0.39 is 0 Å². The van der Waals surface area contributed by atoms with Crippen molar-refractivity contribution < 1.29 is 9.53 Å². The molecule has 1 aliphatic rings. The molecule has 2 atom stereocenters. The number of nitrogens with one attached hydrogen (secondary N) is 1. The largest absolute Gasteiger partial charge is 0.495 e. The lowest BCUT2D eigenvalue weighted by atomic mass is 9.95. The molecule has 0 saturated heterocycles. The van der Waals surface area contributed by atoms with Crippen molar-refractivity contribution in [2.24, 2.45) is 17.6 Å². The summed E-state index contributed by atoms with van der Waals surface area (Å²) in [6.45, 7) is 2.58. The predicted molar refractivity (Wildman–Crippen MR) is 76.2 cm³/mol. The minimum Gasteiger partial charge on any atom is -0.495 e. The Morgan fingerprint density at radius 1 is 1.47 bits per heavy atom. The Kier molecular flexibility index (Phi) is 4.43. The predicted octanol–water partition coefficient (Wildman–Crippen LogP) is 2.32. The summed E-state index contributed by atoms with van der Waals surface area (Å²) in [6.07, 6.45) is 3.08. The molecule has 4 nitrogen and oxygen atoms in total. The summed E-state index contributed by atoms with van der Waals surface area (Å²) >= 11 is 0. The lowest BCUT2D eigenvalue weighted by Crippen LogP contribution is -2.29. The van der Waals surface area contributed by atoms with Crippen LogP contribution in [0.4, 0.5) is 5.69 Å². The van der Waals surface area contributed by atoms with Crippen LogP contribution in [0.25, 0.3) is 0 Å². The van der Waals surface area contributed by atoms with Crippen LogP contribution >= 0.6 is 0 Å². The SMILES string of the molecule is COc1cc(C)ccc1NC(=O)C1CCCC1CN. The molecule has 0 aromatic heterocycles. The van der Waals surface area contributed by atoms with E-state index >= 15 is 0 Å². The molecule has 1 amide bonds. The number of hydrogen-bond donors (Lipinski definition) is 2. The molecule has 0 aliphatic heterocycles. The molecule has 1 aromatic rings. The van der Waals surface area contributed by atoms with Gasteiger partial charge in [-0.25, -0.2) is 0 Å². The Morgan fingerprint density at radius 2 is 2.26 bits per heavy atom. The first kappa shape index (κ1) is 13.9. The molecule has 1 aliphatic carbocycles. The third-order valence-corrected chi connectivity index (χ3v) is 3.91. The van der Waals surface area contributed by atoms with E-state index in [0.717, 1.165) is 30.5 Å². The molecule has 1 aromatic carbocycles. The summed E-state index contributed by atoms with van der Waals surface area (Å²) in [4.78, 5) is 12.3. The van der Waals surface area contributed by atoms with Gasteiger partial charge in [0.2, 0.25) is 5.91 Å². The number of anilines is 1. The summed E-state index contributed by atoms with van der Waals surface area (Å²) in [6, 6.07) is 5.77. The van der Waals surface area contributed by atoms with E-state index in [1.165, 1.54) is 0 Å². The van der Waals surface area contributed by atoms with Crippen molar-refractivity contribution in [3.63, 3.8) is 0 Å². The van der Waals surface area contributed by atoms with Crippen molar-refractivity contribution in [1.82, 2.24) is 0 Å². The van der Waals surface area contributed by atoms with E-state index in [0.29, 0.717) is 18.2 Å². The summed E-state index contributed by atoms with van der Waals surface area (Å²) < 4.78 is 5.30. The number of methoxy groups -OCH3 is 1. The normalized spacial score (nSPS) is 22.3. The molecule has 19 heavy (non-hydrogen) atoms. The minimum atomic E-state index is 0.0380. The van der Waals surface area contributed by atoms with Crippen LogP contribution in [-0.4, -0.2) is 19.6 Å². The van der Waals surface area contributed by atoms with Crippen LogP contribution in [0.15, 0.2) is 18.2 Å². The third-order valence-electron chi connectivity index (χ3n) is 3.91. The van der Waals surface area contributed by atoms with E-state index in [1.807, 2.05) is 25.1 Å². The number of ether oxygens (including phenoxy) is 1. The van der Waals surface area contributed by atoms with Gasteiger partial charge in [0.05, 0.1) is 12.8 Å². The Labute approximate surface area is 114 Å². The molecule has 3 N–H and O–H groups in total. The van der Waals surface area contributed by atoms with E-state index in [9.17, 15) is 4.79 Å². The summed E-state index contributed by atoms with van der Waals surface area (Å²) in [5, 5.41) is 2.98. The fourth-order valence-corrected chi connectivity index (χ4v) is 2.79. The van der Waals surface area contributed by atoms with Crippen molar-refractivity contribution >= 4 is 11.6 Å². The van der Waals surface area contributed by atoms with Crippen LogP contribution in [0.1, 0.15) is 24.8 Å². The van der Waals surface area contributed by atoms with Crippen molar-refractivity contribution in [1.29, 1.82) is 0 Å². The Hall–Kier alpha value is -1.55. The van der Waals surface area contributed by atoms with Crippen LogP contribution in [0, 0.1) is 18.8 Å². The number of hydrogen-bond acceptors (Lipinski definition) is 3. The highest BCUT2D eigenvalue weighted by Crippen LogP contribution is 2.33. The summed E-state index contributed by atoms with van der Waals surface area (Å²) in [5.41, 5.74) is 7.57. The zero-order valence-electron chi connectivity index (χ0n) is 11.6. The number of amides is 1. The second-order valence-corrected chi connectivity index (χ2v) is 5.23. The standard InChI is InChI=1S/C15H22N2O2/c1-10-6-7-13(14(8-10)19-2)17-15(18)12-5-3-4-11(12)9-16/h6-8,11-12H,3-5,9,16H2,1-2H3,(H,17,18). The third kappa shape index (κ3) is 3.07. The van der Waals surface area contributed by atoms with Gasteiger partial charge in [0.1, 0.15) is 5.75 Å². The van der Waals surface area contributed by atoms with Gasteiger partial charge in [0, 0.05) is 5.92 Å². The highest BCUT2D eigenvalue weighted by Gasteiger charge is 2.32. The van der Waals surface area contributed by atoms with E-state index in [-0.39, 0.29) is 11.8 Å². The number of carbonyl (C=O) groups is 1.